The van der Waals surface area contributed by atoms with Crippen LogP contribution in [0.4, 0.5) is 0 Å². The number of hydrogen-bond acceptors (Lipinski definition) is 3. The molecule has 0 radical (unpaired) electrons. The summed E-state index contributed by atoms with van der Waals surface area (Å²) in [4.78, 5) is 10.4. The number of aliphatic hydroxyl groups is 1. The molecule has 2 aromatic carbocycles. The van der Waals surface area contributed by atoms with Crippen LogP contribution >= 0.6 is 0 Å². The molecule has 1 unspecified atom stereocenters. The SMILES string of the molecule is Cc1ccc2nc(CCN3CCC(O)(c4ccccc4C)C3)[nH]c2c1. The van der Waals surface area contributed by atoms with Crippen molar-refractivity contribution in [2.24, 2.45) is 0 Å². The van der Waals surface area contributed by atoms with Crippen LogP contribution in [0.5, 0.6) is 0 Å². The number of aromatic amines is 1. The van der Waals surface area contributed by atoms with Crippen LogP contribution in [0.25, 0.3) is 11.0 Å². The number of H-pyrrole nitrogens is 1. The quantitative estimate of drug-likeness (QED) is 0.769. The average molecular weight is 335 g/mol. The van der Waals surface area contributed by atoms with E-state index >= 15 is 0 Å². The molecule has 1 fully saturated rings. The number of β-amino-alcohol motifs (C(OH)–C–C–N with tert-alkyl or cyclic N) is 1. The summed E-state index contributed by atoms with van der Waals surface area (Å²) in [7, 11) is 0. The molecule has 1 aliphatic heterocycles. The van der Waals surface area contributed by atoms with Crippen molar-refractivity contribution in [2.75, 3.05) is 19.6 Å². The van der Waals surface area contributed by atoms with Gasteiger partial charge in [0, 0.05) is 26.1 Å². The Morgan fingerprint density at radius 1 is 1.20 bits per heavy atom. The molecule has 1 saturated heterocycles. The zero-order valence-corrected chi connectivity index (χ0v) is 14.9. The minimum atomic E-state index is -0.726. The lowest BCUT2D eigenvalue weighted by Gasteiger charge is -2.25. The molecule has 2 heterocycles. The van der Waals surface area contributed by atoms with Crippen LogP contribution in [0.1, 0.15) is 28.9 Å². The van der Waals surface area contributed by atoms with Crippen molar-refractivity contribution in [3.8, 4) is 0 Å². The van der Waals surface area contributed by atoms with Gasteiger partial charge in [0.25, 0.3) is 0 Å². The van der Waals surface area contributed by atoms with Crippen molar-refractivity contribution >= 4 is 11.0 Å². The van der Waals surface area contributed by atoms with Gasteiger partial charge in [0.2, 0.25) is 0 Å². The number of benzene rings is 2. The number of aryl methyl sites for hydroxylation is 2. The summed E-state index contributed by atoms with van der Waals surface area (Å²) in [5, 5.41) is 11.1. The number of hydrogen-bond donors (Lipinski definition) is 2. The normalized spacial score (nSPS) is 21.2. The molecule has 0 spiro atoms. The van der Waals surface area contributed by atoms with Crippen LogP contribution in [-0.4, -0.2) is 39.6 Å². The molecule has 4 rings (SSSR count). The van der Waals surface area contributed by atoms with Gasteiger partial charge in [0.05, 0.1) is 11.0 Å². The minimum absolute atomic E-state index is 0.692. The first-order valence-electron chi connectivity index (χ1n) is 9.00. The van der Waals surface area contributed by atoms with Crippen molar-refractivity contribution in [1.82, 2.24) is 14.9 Å². The van der Waals surface area contributed by atoms with E-state index in [0.29, 0.717) is 6.54 Å². The number of nitrogens with zero attached hydrogens (tertiary/aromatic N) is 2. The van der Waals surface area contributed by atoms with E-state index in [9.17, 15) is 5.11 Å². The topological polar surface area (TPSA) is 52.1 Å². The molecule has 0 bridgehead atoms. The summed E-state index contributed by atoms with van der Waals surface area (Å²) < 4.78 is 0. The van der Waals surface area contributed by atoms with E-state index < -0.39 is 5.60 Å². The van der Waals surface area contributed by atoms with Gasteiger partial charge in [-0.2, -0.15) is 0 Å². The first-order valence-corrected chi connectivity index (χ1v) is 9.00. The Morgan fingerprint density at radius 3 is 2.88 bits per heavy atom. The van der Waals surface area contributed by atoms with Crippen molar-refractivity contribution in [3.05, 3.63) is 65.0 Å². The van der Waals surface area contributed by atoms with E-state index in [1.807, 2.05) is 12.1 Å². The smallest absolute Gasteiger partial charge is 0.108 e. The van der Waals surface area contributed by atoms with Crippen molar-refractivity contribution in [2.45, 2.75) is 32.3 Å². The van der Waals surface area contributed by atoms with Gasteiger partial charge in [-0.1, -0.05) is 30.3 Å². The fourth-order valence-electron chi connectivity index (χ4n) is 3.94. The zero-order chi connectivity index (χ0) is 17.4. The lowest BCUT2D eigenvalue weighted by Crippen LogP contribution is -2.32. The maximum atomic E-state index is 11.1. The minimum Gasteiger partial charge on any atom is -0.384 e. The molecule has 0 amide bonds. The Labute approximate surface area is 148 Å². The number of rotatable bonds is 4. The highest BCUT2D eigenvalue weighted by atomic mass is 16.3. The van der Waals surface area contributed by atoms with Gasteiger partial charge in [-0.25, -0.2) is 4.98 Å². The van der Waals surface area contributed by atoms with Gasteiger partial charge < -0.3 is 10.1 Å². The van der Waals surface area contributed by atoms with Crippen LogP contribution in [0.2, 0.25) is 0 Å². The van der Waals surface area contributed by atoms with Crippen molar-refractivity contribution < 1.29 is 5.11 Å². The Bertz CT molecular complexity index is 901. The molecule has 0 aliphatic carbocycles. The second-order valence-electron chi connectivity index (χ2n) is 7.33. The number of likely N-dealkylation sites (tertiary alicyclic amines) is 1. The zero-order valence-electron chi connectivity index (χ0n) is 14.9. The Hall–Kier alpha value is -2.17. The third kappa shape index (κ3) is 3.20. The maximum absolute atomic E-state index is 11.1. The molecule has 1 atom stereocenters. The highest BCUT2D eigenvalue weighted by Gasteiger charge is 2.38. The number of fused-ring (bicyclic) bond motifs is 1. The molecule has 2 N–H and O–H groups in total. The summed E-state index contributed by atoms with van der Waals surface area (Å²) >= 11 is 0. The van der Waals surface area contributed by atoms with Crippen LogP contribution < -0.4 is 0 Å². The van der Waals surface area contributed by atoms with Crippen molar-refractivity contribution in [1.29, 1.82) is 0 Å². The molecule has 0 saturated carbocycles. The van der Waals surface area contributed by atoms with Crippen LogP contribution in [-0.2, 0) is 12.0 Å². The van der Waals surface area contributed by atoms with E-state index in [2.05, 4.69) is 59.0 Å². The second-order valence-corrected chi connectivity index (χ2v) is 7.33. The fraction of sp³-hybridized carbons (Fsp3) is 0.381. The molecule has 25 heavy (non-hydrogen) atoms. The van der Waals surface area contributed by atoms with Gasteiger partial charge in [-0.3, -0.25) is 4.90 Å². The molecular weight excluding hydrogens is 310 g/mol. The summed E-state index contributed by atoms with van der Waals surface area (Å²) in [6.07, 6.45) is 1.66. The molecule has 1 aromatic heterocycles. The lowest BCUT2D eigenvalue weighted by molar-refractivity contribution is 0.0456. The Kier molecular flexibility index (Phi) is 4.10. The summed E-state index contributed by atoms with van der Waals surface area (Å²) in [6, 6.07) is 14.5. The average Bonchev–Trinajstić information content (AvgIpc) is 3.17. The standard InChI is InChI=1S/C21H25N3O/c1-15-7-8-18-19(13-15)23-20(22-18)9-11-24-12-10-21(25,14-24)17-6-4-3-5-16(17)2/h3-8,13,25H,9-12,14H2,1-2H3,(H,22,23). The first kappa shape index (κ1) is 16.3. The van der Waals surface area contributed by atoms with E-state index in [4.69, 9.17) is 0 Å². The predicted octanol–water partition coefficient (Wildman–Crippen LogP) is 3.32. The summed E-state index contributed by atoms with van der Waals surface area (Å²) in [5.41, 5.74) is 4.88. The molecule has 3 aromatic rings. The highest BCUT2D eigenvalue weighted by molar-refractivity contribution is 5.75. The Morgan fingerprint density at radius 2 is 2.04 bits per heavy atom. The molecule has 4 nitrogen and oxygen atoms in total. The maximum Gasteiger partial charge on any atom is 0.108 e. The predicted molar refractivity (Wildman–Crippen MR) is 101 cm³/mol. The van der Waals surface area contributed by atoms with Gasteiger partial charge in [-0.15, -0.1) is 0 Å². The van der Waals surface area contributed by atoms with E-state index in [1.54, 1.807) is 0 Å². The van der Waals surface area contributed by atoms with E-state index in [1.165, 1.54) is 11.1 Å². The summed E-state index contributed by atoms with van der Waals surface area (Å²) in [5.74, 6) is 1.02. The van der Waals surface area contributed by atoms with Gasteiger partial charge in [-0.05, 0) is 49.1 Å². The van der Waals surface area contributed by atoms with Gasteiger partial charge in [0.15, 0.2) is 0 Å². The van der Waals surface area contributed by atoms with Gasteiger partial charge in [0.1, 0.15) is 11.4 Å². The monoisotopic (exact) mass is 335 g/mol. The highest BCUT2D eigenvalue weighted by Crippen LogP contribution is 2.33. The molecule has 1 aliphatic rings. The number of imidazole rings is 1. The molecule has 130 valence electrons. The van der Waals surface area contributed by atoms with Crippen molar-refractivity contribution in [3.63, 3.8) is 0 Å². The van der Waals surface area contributed by atoms with Crippen LogP contribution in [0.3, 0.4) is 0 Å². The lowest BCUT2D eigenvalue weighted by atomic mass is 9.89. The number of aromatic nitrogens is 2. The van der Waals surface area contributed by atoms with Crippen LogP contribution in [0.15, 0.2) is 42.5 Å². The first-order chi connectivity index (χ1) is 12.0. The molecule has 4 heteroatoms. The number of nitrogens with one attached hydrogen (secondary N) is 1. The second kappa shape index (κ2) is 6.28. The third-order valence-corrected chi connectivity index (χ3v) is 5.32. The molecular formula is C21H25N3O. The largest absolute Gasteiger partial charge is 0.384 e. The Balaban J connectivity index is 1.43. The van der Waals surface area contributed by atoms with E-state index in [-0.39, 0.29) is 0 Å². The fourth-order valence-corrected chi connectivity index (χ4v) is 3.94. The van der Waals surface area contributed by atoms with Gasteiger partial charge >= 0.3 is 0 Å². The summed E-state index contributed by atoms with van der Waals surface area (Å²) in [6.45, 7) is 6.69. The third-order valence-electron chi connectivity index (χ3n) is 5.32. The van der Waals surface area contributed by atoms with E-state index in [0.717, 1.165) is 48.4 Å². The van der Waals surface area contributed by atoms with Crippen LogP contribution in [0, 0.1) is 13.8 Å².